The minimum atomic E-state index is -4.89. The van der Waals surface area contributed by atoms with Crippen molar-refractivity contribution in [2.24, 2.45) is 0 Å². The summed E-state index contributed by atoms with van der Waals surface area (Å²) in [4.78, 5) is 64.2. The molecule has 3 aromatic carbocycles. The number of carbonyl (C=O) groups is 5. The van der Waals surface area contributed by atoms with Crippen LogP contribution in [0.4, 0.5) is 13.2 Å². The average molecular weight is 566 g/mol. The Balaban J connectivity index is 1.34. The zero-order valence-corrected chi connectivity index (χ0v) is 21.3. The van der Waals surface area contributed by atoms with Gasteiger partial charge in [0.25, 0.3) is 17.7 Å². The SMILES string of the molecule is O=C1CCC(N2C(=O)c3cccc(-c4ccccc4CCNC(=O)c4cccc(OC(F)(F)F)c4)c3C2=O)C(=O)N1. The van der Waals surface area contributed by atoms with Gasteiger partial charge in [-0.05, 0) is 53.8 Å². The highest BCUT2D eigenvalue weighted by Gasteiger charge is 2.45. The van der Waals surface area contributed by atoms with Crippen LogP contribution in [-0.2, 0) is 16.0 Å². The van der Waals surface area contributed by atoms with Crippen molar-refractivity contribution < 1.29 is 41.9 Å². The first-order chi connectivity index (χ1) is 19.5. The van der Waals surface area contributed by atoms with Gasteiger partial charge in [-0.1, -0.05) is 42.5 Å². The molecule has 12 heteroatoms. The van der Waals surface area contributed by atoms with Crippen molar-refractivity contribution in [1.29, 1.82) is 0 Å². The van der Waals surface area contributed by atoms with Crippen LogP contribution < -0.4 is 15.4 Å². The third-order valence-electron chi connectivity index (χ3n) is 6.79. The van der Waals surface area contributed by atoms with Crippen LogP contribution >= 0.6 is 0 Å². The van der Waals surface area contributed by atoms with E-state index in [2.05, 4.69) is 15.4 Å². The standard InChI is InChI=1S/C29H22F3N3O6/c30-29(31,32)41-18-7-3-6-17(15-18)25(37)33-14-13-16-5-1-2-8-19(16)20-9-4-10-21-24(20)28(40)35(27(21)39)22-11-12-23(36)34-26(22)38/h1-10,15,22H,11-14H2,(H,33,37)(H,34,36,38). The number of benzene rings is 3. The van der Waals surface area contributed by atoms with Gasteiger partial charge in [-0.3, -0.25) is 34.2 Å². The lowest BCUT2D eigenvalue weighted by Crippen LogP contribution is -2.54. The molecule has 0 aromatic heterocycles. The van der Waals surface area contributed by atoms with Crippen molar-refractivity contribution in [2.45, 2.75) is 31.7 Å². The van der Waals surface area contributed by atoms with E-state index < -0.39 is 47.7 Å². The van der Waals surface area contributed by atoms with E-state index in [-0.39, 0.29) is 36.1 Å². The summed E-state index contributed by atoms with van der Waals surface area (Å²) in [7, 11) is 0. The number of amides is 5. The van der Waals surface area contributed by atoms with E-state index in [1.54, 1.807) is 36.4 Å². The fourth-order valence-electron chi connectivity index (χ4n) is 4.99. The maximum atomic E-state index is 13.5. The fraction of sp³-hybridized carbons (Fsp3) is 0.207. The molecule has 9 nitrogen and oxygen atoms in total. The number of ether oxygens (including phenoxy) is 1. The van der Waals surface area contributed by atoms with Crippen LogP contribution in [0.25, 0.3) is 11.1 Å². The van der Waals surface area contributed by atoms with Crippen LogP contribution in [0.1, 0.15) is 49.5 Å². The maximum Gasteiger partial charge on any atom is 0.573 e. The Bertz CT molecular complexity index is 1590. The molecule has 1 atom stereocenters. The molecule has 5 amide bonds. The van der Waals surface area contributed by atoms with E-state index >= 15 is 0 Å². The van der Waals surface area contributed by atoms with Gasteiger partial charge < -0.3 is 10.1 Å². The lowest BCUT2D eigenvalue weighted by atomic mass is 9.92. The van der Waals surface area contributed by atoms with E-state index in [9.17, 15) is 37.1 Å². The van der Waals surface area contributed by atoms with E-state index in [0.717, 1.165) is 22.6 Å². The minimum absolute atomic E-state index is 0.00483. The number of carbonyl (C=O) groups excluding carboxylic acids is 5. The number of nitrogens with one attached hydrogen (secondary N) is 2. The highest BCUT2D eigenvalue weighted by Crippen LogP contribution is 2.36. The van der Waals surface area contributed by atoms with Crippen LogP contribution in [0.5, 0.6) is 5.75 Å². The highest BCUT2D eigenvalue weighted by molar-refractivity contribution is 6.25. The third kappa shape index (κ3) is 5.67. The number of imide groups is 2. The topological polar surface area (TPSA) is 122 Å². The summed E-state index contributed by atoms with van der Waals surface area (Å²) in [5, 5.41) is 4.84. The predicted octanol–water partition coefficient (Wildman–Crippen LogP) is 3.63. The van der Waals surface area contributed by atoms with Crippen LogP contribution in [0.15, 0.2) is 66.7 Å². The van der Waals surface area contributed by atoms with Crippen LogP contribution in [0.2, 0.25) is 0 Å². The normalized spacial score (nSPS) is 16.9. The molecule has 1 saturated heterocycles. The van der Waals surface area contributed by atoms with Crippen molar-refractivity contribution in [1.82, 2.24) is 15.5 Å². The van der Waals surface area contributed by atoms with Gasteiger partial charge in [-0.15, -0.1) is 13.2 Å². The third-order valence-corrected chi connectivity index (χ3v) is 6.79. The number of piperidine rings is 1. The summed E-state index contributed by atoms with van der Waals surface area (Å²) >= 11 is 0. The Hall–Kier alpha value is -5.00. The van der Waals surface area contributed by atoms with Crippen molar-refractivity contribution in [3.63, 3.8) is 0 Å². The Kier molecular flexibility index (Phi) is 7.31. The lowest BCUT2D eigenvalue weighted by Gasteiger charge is -2.27. The largest absolute Gasteiger partial charge is 0.573 e. The molecule has 1 fully saturated rings. The second kappa shape index (κ2) is 10.9. The second-order valence-electron chi connectivity index (χ2n) is 9.41. The zero-order chi connectivity index (χ0) is 29.3. The molecule has 5 rings (SSSR count). The predicted molar refractivity (Wildman–Crippen MR) is 138 cm³/mol. The van der Waals surface area contributed by atoms with E-state index in [1.165, 1.54) is 18.2 Å². The van der Waals surface area contributed by atoms with Gasteiger partial charge in [0.1, 0.15) is 11.8 Å². The number of hydrogen-bond donors (Lipinski definition) is 2. The molecular weight excluding hydrogens is 543 g/mol. The Morgan fingerprint density at radius 2 is 1.63 bits per heavy atom. The van der Waals surface area contributed by atoms with Crippen LogP contribution in [0, 0.1) is 0 Å². The summed E-state index contributed by atoms with van der Waals surface area (Å²) < 4.78 is 41.4. The van der Waals surface area contributed by atoms with Crippen molar-refractivity contribution in [3.8, 4) is 16.9 Å². The molecule has 2 heterocycles. The molecule has 2 N–H and O–H groups in total. The summed E-state index contributed by atoms with van der Waals surface area (Å²) in [6.45, 7) is 0.116. The van der Waals surface area contributed by atoms with E-state index in [0.29, 0.717) is 17.5 Å². The Morgan fingerprint density at radius 1 is 0.927 bits per heavy atom. The molecule has 0 aliphatic carbocycles. The number of hydrogen-bond acceptors (Lipinski definition) is 6. The summed E-state index contributed by atoms with van der Waals surface area (Å²) in [5.41, 5.74) is 2.09. The second-order valence-corrected chi connectivity index (χ2v) is 9.41. The van der Waals surface area contributed by atoms with Crippen LogP contribution in [-0.4, -0.2) is 53.4 Å². The van der Waals surface area contributed by atoms with Gasteiger partial charge in [-0.2, -0.15) is 0 Å². The first-order valence-electron chi connectivity index (χ1n) is 12.6. The number of alkyl halides is 3. The van der Waals surface area contributed by atoms with E-state index in [4.69, 9.17) is 0 Å². The summed E-state index contributed by atoms with van der Waals surface area (Å²) in [5.74, 6) is -3.55. The first kappa shape index (κ1) is 27.6. The van der Waals surface area contributed by atoms with Gasteiger partial charge in [0.05, 0.1) is 11.1 Å². The summed E-state index contributed by atoms with van der Waals surface area (Å²) in [6, 6.07) is 15.5. The molecule has 0 radical (unpaired) electrons. The minimum Gasteiger partial charge on any atom is -0.406 e. The van der Waals surface area contributed by atoms with Gasteiger partial charge in [0.2, 0.25) is 11.8 Å². The highest BCUT2D eigenvalue weighted by atomic mass is 19.4. The fourth-order valence-corrected chi connectivity index (χ4v) is 4.99. The quantitative estimate of drug-likeness (QED) is 0.422. The molecule has 3 aromatic rings. The zero-order valence-electron chi connectivity index (χ0n) is 21.3. The van der Waals surface area contributed by atoms with Crippen LogP contribution in [0.3, 0.4) is 0 Å². The molecule has 41 heavy (non-hydrogen) atoms. The van der Waals surface area contributed by atoms with Gasteiger partial charge in [0, 0.05) is 18.5 Å². The molecular formula is C29H22F3N3O6. The Morgan fingerprint density at radius 3 is 2.39 bits per heavy atom. The molecule has 210 valence electrons. The molecule has 0 saturated carbocycles. The lowest BCUT2D eigenvalue weighted by molar-refractivity contribution is -0.274. The van der Waals surface area contributed by atoms with Gasteiger partial charge >= 0.3 is 6.36 Å². The average Bonchev–Trinajstić information content (AvgIpc) is 3.18. The molecule has 2 aliphatic heterocycles. The molecule has 0 bridgehead atoms. The van der Waals surface area contributed by atoms with Crippen molar-refractivity contribution in [3.05, 3.63) is 89.0 Å². The summed E-state index contributed by atoms with van der Waals surface area (Å²) in [6.07, 6.45) is -4.55. The molecule has 0 spiro atoms. The van der Waals surface area contributed by atoms with Gasteiger partial charge in [0.15, 0.2) is 0 Å². The number of nitrogens with zero attached hydrogens (tertiary/aromatic N) is 1. The molecule has 2 aliphatic rings. The number of halogens is 3. The maximum absolute atomic E-state index is 13.5. The number of rotatable bonds is 7. The molecule has 1 unspecified atom stereocenters. The Labute approximate surface area is 231 Å². The smallest absolute Gasteiger partial charge is 0.406 e. The van der Waals surface area contributed by atoms with E-state index in [1.807, 2.05) is 0 Å². The van der Waals surface area contributed by atoms with Gasteiger partial charge in [-0.25, -0.2) is 0 Å². The number of fused-ring (bicyclic) bond motifs is 1. The van der Waals surface area contributed by atoms with Crippen molar-refractivity contribution in [2.75, 3.05) is 6.54 Å². The first-order valence-corrected chi connectivity index (χ1v) is 12.6. The monoisotopic (exact) mass is 565 g/mol. The van der Waals surface area contributed by atoms with Crippen molar-refractivity contribution >= 4 is 29.5 Å².